The van der Waals surface area contributed by atoms with E-state index in [1.165, 1.54) is 7.11 Å². The summed E-state index contributed by atoms with van der Waals surface area (Å²) >= 11 is 1.01. The molecule has 154 valence electrons. The number of carbonyl (C=O) groups excluding carboxylic acids is 3. The summed E-state index contributed by atoms with van der Waals surface area (Å²) in [6, 6.07) is 17.8. The van der Waals surface area contributed by atoms with Gasteiger partial charge in [0.15, 0.2) is 6.61 Å². The van der Waals surface area contributed by atoms with Crippen molar-refractivity contribution in [3.63, 3.8) is 0 Å². The molecule has 0 aliphatic carbocycles. The Kier molecular flexibility index (Phi) is 6.82. The minimum absolute atomic E-state index is 0.147. The average molecular weight is 424 g/mol. The lowest BCUT2D eigenvalue weighted by Gasteiger charge is -2.07. The summed E-state index contributed by atoms with van der Waals surface area (Å²) in [6.45, 7) is 1.39. The highest BCUT2D eigenvalue weighted by molar-refractivity contribution is 7.18. The average Bonchev–Trinajstić information content (AvgIpc) is 3.09. The number of methoxy groups -OCH3 is 1. The van der Waals surface area contributed by atoms with Crippen molar-refractivity contribution in [3.8, 4) is 5.75 Å². The van der Waals surface area contributed by atoms with Crippen LogP contribution in [0, 0.1) is 6.92 Å². The van der Waals surface area contributed by atoms with Crippen molar-refractivity contribution in [2.24, 2.45) is 0 Å². The quantitative estimate of drug-likeness (QED) is 0.557. The summed E-state index contributed by atoms with van der Waals surface area (Å²) in [5, 5.41) is 5.66. The molecule has 0 saturated carbocycles. The molecule has 2 aromatic carbocycles. The number of amides is 2. The van der Waals surface area contributed by atoms with Gasteiger partial charge in [0.1, 0.15) is 10.8 Å². The molecule has 3 rings (SSSR count). The molecule has 30 heavy (non-hydrogen) atoms. The number of hydrogen-bond acceptors (Lipinski definition) is 6. The number of carbonyl (C=O) groups is 3. The fourth-order valence-electron chi connectivity index (χ4n) is 2.70. The van der Waals surface area contributed by atoms with E-state index < -0.39 is 11.9 Å². The normalized spacial score (nSPS) is 10.2. The second-order valence-corrected chi connectivity index (χ2v) is 7.24. The summed E-state index contributed by atoms with van der Waals surface area (Å²) < 4.78 is 10.3. The number of ether oxygens (including phenoxy) is 2. The van der Waals surface area contributed by atoms with Crippen LogP contribution in [0.4, 0.5) is 10.7 Å². The number of benzene rings is 2. The third-order valence-electron chi connectivity index (χ3n) is 4.14. The molecule has 8 heteroatoms. The van der Waals surface area contributed by atoms with E-state index in [9.17, 15) is 14.4 Å². The zero-order valence-corrected chi connectivity index (χ0v) is 17.2. The second kappa shape index (κ2) is 9.71. The van der Waals surface area contributed by atoms with Crippen molar-refractivity contribution >= 4 is 39.8 Å². The van der Waals surface area contributed by atoms with Gasteiger partial charge in [0.05, 0.1) is 17.6 Å². The number of hydrogen-bond donors (Lipinski definition) is 2. The van der Waals surface area contributed by atoms with Gasteiger partial charge in [-0.3, -0.25) is 9.59 Å². The van der Waals surface area contributed by atoms with Crippen LogP contribution in [0.25, 0.3) is 0 Å². The lowest BCUT2D eigenvalue weighted by Crippen LogP contribution is -2.21. The van der Waals surface area contributed by atoms with E-state index in [0.717, 1.165) is 11.3 Å². The Morgan fingerprint density at radius 3 is 2.20 bits per heavy atom. The van der Waals surface area contributed by atoms with Crippen molar-refractivity contribution in [3.05, 3.63) is 76.7 Å². The Hall–Kier alpha value is -3.65. The Morgan fingerprint density at radius 1 is 0.933 bits per heavy atom. The van der Waals surface area contributed by atoms with E-state index in [1.807, 2.05) is 12.1 Å². The molecule has 0 atom stereocenters. The van der Waals surface area contributed by atoms with Crippen molar-refractivity contribution in [2.45, 2.75) is 6.92 Å². The van der Waals surface area contributed by atoms with Gasteiger partial charge in [0, 0.05) is 5.69 Å². The van der Waals surface area contributed by atoms with Crippen molar-refractivity contribution in [1.29, 1.82) is 0 Å². The van der Waals surface area contributed by atoms with Gasteiger partial charge in [-0.15, -0.1) is 11.3 Å². The fourth-order valence-corrected chi connectivity index (χ4v) is 3.81. The Morgan fingerprint density at radius 2 is 1.57 bits per heavy atom. The zero-order valence-electron chi connectivity index (χ0n) is 16.4. The first kappa shape index (κ1) is 21.1. The lowest BCUT2D eigenvalue weighted by atomic mass is 10.1. The third kappa shape index (κ3) is 5.03. The number of anilines is 2. The van der Waals surface area contributed by atoms with Crippen LogP contribution in [0.1, 0.15) is 25.6 Å². The molecule has 0 radical (unpaired) electrons. The minimum Gasteiger partial charge on any atom is -0.484 e. The molecule has 0 spiro atoms. The zero-order chi connectivity index (χ0) is 21.5. The molecule has 3 aromatic rings. The molecule has 2 N–H and O–H groups in total. The Bertz CT molecular complexity index is 1050. The highest BCUT2D eigenvalue weighted by atomic mass is 32.1. The molecule has 0 aliphatic rings. The molecule has 1 aromatic heterocycles. The lowest BCUT2D eigenvalue weighted by molar-refractivity contribution is -0.118. The van der Waals surface area contributed by atoms with Crippen molar-refractivity contribution in [2.75, 3.05) is 24.4 Å². The molecule has 1 heterocycles. The highest BCUT2D eigenvalue weighted by Gasteiger charge is 2.26. The molecule has 7 nitrogen and oxygen atoms in total. The molecule has 2 amide bonds. The largest absolute Gasteiger partial charge is 0.484 e. The number of thiophene rings is 1. The van der Waals surface area contributed by atoms with E-state index in [2.05, 4.69) is 10.6 Å². The summed E-state index contributed by atoms with van der Waals surface area (Å²) in [5.74, 6) is -0.928. The van der Waals surface area contributed by atoms with Gasteiger partial charge in [0.25, 0.3) is 11.8 Å². The van der Waals surface area contributed by atoms with Gasteiger partial charge in [-0.05, 0) is 36.8 Å². The first-order valence-electron chi connectivity index (χ1n) is 9.05. The first-order chi connectivity index (χ1) is 14.5. The summed E-state index contributed by atoms with van der Waals surface area (Å²) in [7, 11) is 1.24. The van der Waals surface area contributed by atoms with E-state index in [0.29, 0.717) is 21.9 Å². The maximum absolute atomic E-state index is 12.7. The van der Waals surface area contributed by atoms with Crippen LogP contribution in [0.5, 0.6) is 5.75 Å². The maximum atomic E-state index is 12.7. The highest BCUT2D eigenvalue weighted by Crippen LogP contribution is 2.34. The smallest absolute Gasteiger partial charge is 0.341 e. The molecule has 0 fully saturated rings. The van der Waals surface area contributed by atoms with E-state index in [4.69, 9.17) is 9.47 Å². The fraction of sp³-hybridized carbons (Fsp3) is 0.136. The summed E-state index contributed by atoms with van der Waals surface area (Å²) in [5.41, 5.74) is 1.20. The number of para-hydroxylation sites is 2. The van der Waals surface area contributed by atoms with E-state index in [-0.39, 0.29) is 23.1 Å². The van der Waals surface area contributed by atoms with Gasteiger partial charge in [-0.1, -0.05) is 36.4 Å². The first-order valence-corrected chi connectivity index (χ1v) is 9.87. The number of nitrogens with one attached hydrogen (secondary N) is 2. The molecule has 0 unspecified atom stereocenters. The van der Waals surface area contributed by atoms with Crippen molar-refractivity contribution < 1.29 is 23.9 Å². The molecular formula is C22H20N2O5S. The molecule has 0 bridgehead atoms. The van der Waals surface area contributed by atoms with Gasteiger partial charge >= 0.3 is 5.97 Å². The van der Waals surface area contributed by atoms with Crippen molar-refractivity contribution in [1.82, 2.24) is 0 Å². The summed E-state index contributed by atoms with van der Waals surface area (Å²) in [6.07, 6.45) is 0. The van der Waals surface area contributed by atoms with Crippen LogP contribution in [0.15, 0.2) is 60.7 Å². The standard InChI is InChI=1S/C22H20N2O5S/c1-14-18(22(27)28-2)21(24-17(25)13-29-16-11-7-4-8-12-16)30-19(14)20(26)23-15-9-5-3-6-10-15/h3-12H,13H2,1-2H3,(H,23,26)(H,24,25). The third-order valence-corrected chi connectivity index (χ3v) is 5.35. The summed E-state index contributed by atoms with van der Waals surface area (Å²) in [4.78, 5) is 37.7. The Balaban J connectivity index is 1.79. The topological polar surface area (TPSA) is 93.7 Å². The van der Waals surface area contributed by atoms with Crippen LogP contribution in [0.3, 0.4) is 0 Å². The van der Waals surface area contributed by atoms with Gasteiger partial charge < -0.3 is 20.1 Å². The van der Waals surface area contributed by atoms with Crippen LogP contribution < -0.4 is 15.4 Å². The molecular weight excluding hydrogens is 404 g/mol. The van der Waals surface area contributed by atoms with Crippen LogP contribution in [-0.4, -0.2) is 31.5 Å². The van der Waals surface area contributed by atoms with Gasteiger partial charge in [-0.2, -0.15) is 0 Å². The predicted molar refractivity (Wildman–Crippen MR) is 115 cm³/mol. The van der Waals surface area contributed by atoms with Gasteiger partial charge in [-0.25, -0.2) is 4.79 Å². The van der Waals surface area contributed by atoms with Crippen LogP contribution in [0.2, 0.25) is 0 Å². The number of esters is 1. The van der Waals surface area contributed by atoms with Crippen LogP contribution in [-0.2, 0) is 9.53 Å². The Labute approximate surface area is 177 Å². The maximum Gasteiger partial charge on any atom is 0.341 e. The predicted octanol–water partition coefficient (Wildman–Crippen LogP) is 4.11. The molecule has 0 saturated heterocycles. The SMILES string of the molecule is COC(=O)c1c(NC(=O)COc2ccccc2)sc(C(=O)Nc2ccccc2)c1C. The monoisotopic (exact) mass is 424 g/mol. The minimum atomic E-state index is -0.637. The van der Waals surface area contributed by atoms with E-state index >= 15 is 0 Å². The van der Waals surface area contributed by atoms with E-state index in [1.54, 1.807) is 55.5 Å². The second-order valence-electron chi connectivity index (χ2n) is 6.22. The molecule has 0 aliphatic heterocycles. The van der Waals surface area contributed by atoms with Crippen LogP contribution >= 0.6 is 11.3 Å². The number of rotatable bonds is 7. The van der Waals surface area contributed by atoms with Gasteiger partial charge in [0.2, 0.25) is 0 Å².